The van der Waals surface area contributed by atoms with Crippen LogP contribution in [-0.4, -0.2) is 48.0 Å². The number of aliphatic hydroxyl groups excluding tert-OH is 2. The molecule has 2 aromatic heterocycles. The van der Waals surface area contributed by atoms with E-state index < -0.39 is 24.5 Å². The Labute approximate surface area is 114 Å². The average molecular weight is 275 g/mol. The SMILES string of the molecule is C#CCC1O[C@@H](n2cnc3c(N)ncnc32)[C@H](O)C1O. The first kappa shape index (κ1) is 12.8. The molecule has 8 heteroatoms. The highest BCUT2D eigenvalue weighted by Gasteiger charge is 2.43. The van der Waals surface area contributed by atoms with E-state index in [1.54, 1.807) is 0 Å². The molecular formula is C12H13N5O3. The van der Waals surface area contributed by atoms with Gasteiger partial charge in [-0.05, 0) is 0 Å². The van der Waals surface area contributed by atoms with Crippen molar-refractivity contribution in [3.8, 4) is 12.3 Å². The molecular weight excluding hydrogens is 262 g/mol. The fourth-order valence-corrected chi connectivity index (χ4v) is 2.30. The second-order valence-corrected chi connectivity index (χ2v) is 4.54. The molecule has 1 fully saturated rings. The molecule has 0 spiro atoms. The maximum absolute atomic E-state index is 10.1. The molecule has 1 aliphatic rings. The molecule has 3 rings (SSSR count). The molecule has 0 bridgehead atoms. The minimum absolute atomic E-state index is 0.207. The summed E-state index contributed by atoms with van der Waals surface area (Å²) in [6.07, 6.45) is 4.52. The number of nitrogens with zero attached hydrogens (tertiary/aromatic N) is 4. The van der Waals surface area contributed by atoms with Gasteiger partial charge in [0.2, 0.25) is 0 Å². The van der Waals surface area contributed by atoms with Crippen LogP contribution in [0.15, 0.2) is 12.7 Å². The molecule has 2 aromatic rings. The van der Waals surface area contributed by atoms with Crippen LogP contribution in [0.25, 0.3) is 11.2 Å². The summed E-state index contributed by atoms with van der Waals surface area (Å²) in [5.74, 6) is 2.64. The summed E-state index contributed by atoms with van der Waals surface area (Å²) in [4.78, 5) is 12.0. The zero-order valence-corrected chi connectivity index (χ0v) is 10.4. The lowest BCUT2D eigenvalue weighted by atomic mass is 10.1. The number of imidazole rings is 1. The monoisotopic (exact) mass is 275 g/mol. The van der Waals surface area contributed by atoms with Crippen LogP contribution in [-0.2, 0) is 4.74 Å². The topological polar surface area (TPSA) is 119 Å². The predicted octanol–water partition coefficient (Wildman–Crippen LogP) is -0.949. The van der Waals surface area contributed by atoms with Gasteiger partial charge in [-0.3, -0.25) is 4.57 Å². The van der Waals surface area contributed by atoms with Crippen LogP contribution in [0.5, 0.6) is 0 Å². The fourth-order valence-electron chi connectivity index (χ4n) is 2.30. The number of nitrogens with two attached hydrogens (primary N) is 1. The first-order chi connectivity index (χ1) is 9.63. The number of aliphatic hydroxyl groups is 2. The van der Waals surface area contributed by atoms with E-state index in [-0.39, 0.29) is 12.2 Å². The van der Waals surface area contributed by atoms with E-state index >= 15 is 0 Å². The number of fused-ring (bicyclic) bond motifs is 1. The van der Waals surface area contributed by atoms with E-state index in [2.05, 4.69) is 20.9 Å². The molecule has 0 amide bonds. The van der Waals surface area contributed by atoms with E-state index in [0.29, 0.717) is 11.2 Å². The number of hydrogen-bond donors (Lipinski definition) is 3. The standard InChI is InChI=1S/C12H13N5O3/c1-2-3-6-8(18)9(19)12(20-6)17-5-16-7-10(13)14-4-15-11(7)17/h1,4-6,8-9,12,18-19H,3H2,(H2,13,14,15)/t6?,8?,9-,12-/m1/s1. The number of aromatic nitrogens is 4. The summed E-state index contributed by atoms with van der Waals surface area (Å²) in [6, 6.07) is 0. The third-order valence-corrected chi connectivity index (χ3v) is 3.32. The number of ether oxygens (including phenoxy) is 1. The van der Waals surface area contributed by atoms with Crippen molar-refractivity contribution in [1.29, 1.82) is 0 Å². The Morgan fingerprint density at radius 3 is 2.90 bits per heavy atom. The summed E-state index contributed by atoms with van der Waals surface area (Å²) in [5, 5.41) is 20.0. The van der Waals surface area contributed by atoms with Crippen molar-refractivity contribution in [3.05, 3.63) is 12.7 Å². The fraction of sp³-hybridized carbons (Fsp3) is 0.417. The Balaban J connectivity index is 2.00. The number of hydrogen-bond acceptors (Lipinski definition) is 7. The Morgan fingerprint density at radius 2 is 2.15 bits per heavy atom. The van der Waals surface area contributed by atoms with Gasteiger partial charge in [-0.1, -0.05) is 0 Å². The van der Waals surface area contributed by atoms with E-state index in [1.165, 1.54) is 17.2 Å². The van der Waals surface area contributed by atoms with Crippen molar-refractivity contribution in [1.82, 2.24) is 19.5 Å². The summed E-state index contributed by atoms with van der Waals surface area (Å²) in [5.41, 5.74) is 6.54. The lowest BCUT2D eigenvalue weighted by molar-refractivity contribution is -0.0332. The molecule has 0 saturated carbocycles. The smallest absolute Gasteiger partial charge is 0.167 e. The first-order valence-electron chi connectivity index (χ1n) is 6.01. The van der Waals surface area contributed by atoms with Gasteiger partial charge in [0.05, 0.1) is 12.4 Å². The van der Waals surface area contributed by atoms with E-state index in [4.69, 9.17) is 16.9 Å². The van der Waals surface area contributed by atoms with Gasteiger partial charge in [-0.15, -0.1) is 12.3 Å². The van der Waals surface area contributed by atoms with Gasteiger partial charge >= 0.3 is 0 Å². The summed E-state index contributed by atoms with van der Waals surface area (Å²) < 4.78 is 7.11. The van der Waals surface area contributed by atoms with Gasteiger partial charge < -0.3 is 20.7 Å². The number of rotatable bonds is 2. The van der Waals surface area contributed by atoms with Crippen molar-refractivity contribution in [3.63, 3.8) is 0 Å². The molecule has 1 saturated heterocycles. The molecule has 1 aliphatic heterocycles. The zero-order valence-electron chi connectivity index (χ0n) is 10.4. The minimum atomic E-state index is -1.12. The Bertz CT molecular complexity index is 679. The van der Waals surface area contributed by atoms with Gasteiger partial charge in [0.15, 0.2) is 17.7 Å². The Morgan fingerprint density at radius 1 is 1.35 bits per heavy atom. The quantitative estimate of drug-likeness (QED) is 0.604. The van der Waals surface area contributed by atoms with Crippen LogP contribution in [0.2, 0.25) is 0 Å². The van der Waals surface area contributed by atoms with Crippen molar-refractivity contribution >= 4 is 17.0 Å². The minimum Gasteiger partial charge on any atom is -0.387 e. The van der Waals surface area contributed by atoms with E-state index in [9.17, 15) is 10.2 Å². The second-order valence-electron chi connectivity index (χ2n) is 4.54. The first-order valence-corrected chi connectivity index (χ1v) is 6.01. The highest BCUT2D eigenvalue weighted by molar-refractivity contribution is 5.81. The van der Waals surface area contributed by atoms with Crippen LogP contribution in [0, 0.1) is 12.3 Å². The van der Waals surface area contributed by atoms with Crippen molar-refractivity contribution in [2.24, 2.45) is 0 Å². The molecule has 4 N–H and O–H groups in total. The van der Waals surface area contributed by atoms with Crippen LogP contribution >= 0.6 is 0 Å². The largest absolute Gasteiger partial charge is 0.387 e. The molecule has 3 heterocycles. The Kier molecular flexibility index (Phi) is 3.02. The van der Waals surface area contributed by atoms with Crippen molar-refractivity contribution in [2.75, 3.05) is 5.73 Å². The van der Waals surface area contributed by atoms with E-state index in [0.717, 1.165) is 0 Å². The summed E-state index contributed by atoms with van der Waals surface area (Å²) in [6.45, 7) is 0. The Hall–Kier alpha value is -2.21. The maximum Gasteiger partial charge on any atom is 0.167 e. The summed E-state index contributed by atoms with van der Waals surface area (Å²) in [7, 11) is 0. The molecule has 0 radical (unpaired) electrons. The molecule has 20 heavy (non-hydrogen) atoms. The lowest BCUT2D eigenvalue weighted by Gasteiger charge is -2.16. The van der Waals surface area contributed by atoms with E-state index in [1.807, 2.05) is 0 Å². The normalized spacial score (nSPS) is 29.6. The van der Waals surface area contributed by atoms with Gasteiger partial charge in [-0.2, -0.15) is 0 Å². The molecule has 4 atom stereocenters. The highest BCUT2D eigenvalue weighted by Crippen LogP contribution is 2.32. The van der Waals surface area contributed by atoms with Crippen LogP contribution in [0.4, 0.5) is 5.82 Å². The maximum atomic E-state index is 10.1. The third-order valence-electron chi connectivity index (χ3n) is 3.32. The van der Waals surface area contributed by atoms with Crippen LogP contribution in [0.1, 0.15) is 12.6 Å². The number of anilines is 1. The molecule has 104 valence electrons. The van der Waals surface area contributed by atoms with Gasteiger partial charge in [-0.25, -0.2) is 15.0 Å². The number of terminal acetylenes is 1. The summed E-state index contributed by atoms with van der Waals surface area (Å²) >= 11 is 0. The van der Waals surface area contributed by atoms with Crippen molar-refractivity contribution < 1.29 is 14.9 Å². The lowest BCUT2D eigenvalue weighted by Crippen LogP contribution is -2.31. The van der Waals surface area contributed by atoms with Gasteiger partial charge in [0.25, 0.3) is 0 Å². The molecule has 0 aromatic carbocycles. The van der Waals surface area contributed by atoms with Gasteiger partial charge in [0.1, 0.15) is 24.1 Å². The van der Waals surface area contributed by atoms with Crippen LogP contribution in [0.3, 0.4) is 0 Å². The van der Waals surface area contributed by atoms with Crippen LogP contribution < -0.4 is 5.73 Å². The molecule has 8 nitrogen and oxygen atoms in total. The third kappa shape index (κ3) is 1.80. The molecule has 2 unspecified atom stereocenters. The predicted molar refractivity (Wildman–Crippen MR) is 69.1 cm³/mol. The average Bonchev–Trinajstić information content (AvgIpc) is 2.97. The van der Waals surface area contributed by atoms with Crippen molar-refractivity contribution in [2.45, 2.75) is 31.0 Å². The molecule has 0 aliphatic carbocycles. The van der Waals surface area contributed by atoms with Gasteiger partial charge in [0, 0.05) is 6.42 Å². The number of nitrogen functional groups attached to an aromatic ring is 1. The highest BCUT2D eigenvalue weighted by atomic mass is 16.6. The second kappa shape index (κ2) is 4.72. The zero-order chi connectivity index (χ0) is 14.3.